The number of alkyl halides is 1. The Bertz CT molecular complexity index is 312. The SMILES string of the molecule is NC(=O)c1ccc(Br)cc1CBr. The van der Waals surface area contributed by atoms with Gasteiger partial charge in [-0.05, 0) is 23.8 Å². The number of carbonyl (C=O) groups excluding carboxylic acids is 1. The summed E-state index contributed by atoms with van der Waals surface area (Å²) in [5, 5.41) is 0.630. The lowest BCUT2D eigenvalue weighted by molar-refractivity contribution is 0.0999. The van der Waals surface area contributed by atoms with Crippen molar-refractivity contribution < 1.29 is 4.79 Å². The Morgan fingerprint density at radius 2 is 2.17 bits per heavy atom. The number of benzene rings is 1. The number of nitrogens with two attached hydrogens (primary N) is 1. The van der Waals surface area contributed by atoms with Crippen molar-refractivity contribution in [2.75, 3.05) is 0 Å². The van der Waals surface area contributed by atoms with Crippen LogP contribution < -0.4 is 5.73 Å². The summed E-state index contributed by atoms with van der Waals surface area (Å²) in [4.78, 5) is 10.9. The van der Waals surface area contributed by atoms with E-state index in [1.54, 1.807) is 12.1 Å². The molecule has 0 radical (unpaired) electrons. The number of halogens is 2. The zero-order valence-corrected chi connectivity index (χ0v) is 9.35. The molecule has 0 saturated carbocycles. The fourth-order valence-electron chi connectivity index (χ4n) is 0.913. The molecule has 1 aromatic rings. The van der Waals surface area contributed by atoms with Crippen LogP contribution in [0.5, 0.6) is 0 Å². The van der Waals surface area contributed by atoms with E-state index in [-0.39, 0.29) is 0 Å². The molecule has 0 heterocycles. The van der Waals surface area contributed by atoms with Crippen LogP contribution in [0.25, 0.3) is 0 Å². The fraction of sp³-hybridized carbons (Fsp3) is 0.125. The summed E-state index contributed by atoms with van der Waals surface area (Å²) in [6.07, 6.45) is 0. The van der Waals surface area contributed by atoms with Crippen LogP contribution in [0.2, 0.25) is 0 Å². The van der Waals surface area contributed by atoms with E-state index in [9.17, 15) is 4.79 Å². The molecule has 1 amide bonds. The molecule has 0 fully saturated rings. The van der Waals surface area contributed by atoms with Gasteiger partial charge in [-0.15, -0.1) is 0 Å². The molecule has 0 aliphatic rings. The highest BCUT2D eigenvalue weighted by atomic mass is 79.9. The first-order valence-corrected chi connectivity index (χ1v) is 5.21. The predicted molar refractivity (Wildman–Crippen MR) is 55.3 cm³/mol. The summed E-state index contributed by atoms with van der Waals surface area (Å²) in [6.45, 7) is 0. The summed E-state index contributed by atoms with van der Waals surface area (Å²) in [7, 11) is 0. The van der Waals surface area contributed by atoms with Crippen molar-refractivity contribution in [3.63, 3.8) is 0 Å². The smallest absolute Gasteiger partial charge is 0.249 e. The van der Waals surface area contributed by atoms with E-state index < -0.39 is 5.91 Å². The van der Waals surface area contributed by atoms with Crippen LogP contribution >= 0.6 is 31.9 Å². The maximum absolute atomic E-state index is 10.9. The number of primary amides is 1. The number of hydrogen-bond donors (Lipinski definition) is 1. The lowest BCUT2D eigenvalue weighted by Crippen LogP contribution is -2.13. The van der Waals surface area contributed by atoms with Gasteiger partial charge in [0.2, 0.25) is 5.91 Å². The molecule has 1 aromatic carbocycles. The zero-order chi connectivity index (χ0) is 9.14. The van der Waals surface area contributed by atoms with Crippen molar-refractivity contribution in [3.05, 3.63) is 33.8 Å². The van der Waals surface area contributed by atoms with Gasteiger partial charge in [-0.2, -0.15) is 0 Å². The van der Waals surface area contributed by atoms with Gasteiger partial charge >= 0.3 is 0 Å². The number of carbonyl (C=O) groups is 1. The van der Waals surface area contributed by atoms with Gasteiger partial charge in [0.15, 0.2) is 0 Å². The first-order valence-electron chi connectivity index (χ1n) is 3.29. The highest BCUT2D eigenvalue weighted by Gasteiger charge is 2.06. The van der Waals surface area contributed by atoms with Crippen molar-refractivity contribution >= 4 is 37.8 Å². The maximum atomic E-state index is 10.9. The number of amides is 1. The van der Waals surface area contributed by atoms with E-state index in [0.717, 1.165) is 10.0 Å². The van der Waals surface area contributed by atoms with Crippen LogP contribution in [0.15, 0.2) is 22.7 Å². The minimum Gasteiger partial charge on any atom is -0.366 e. The predicted octanol–water partition coefficient (Wildman–Crippen LogP) is 2.44. The molecule has 1 rings (SSSR count). The van der Waals surface area contributed by atoms with Crippen LogP contribution in [-0.4, -0.2) is 5.91 Å². The van der Waals surface area contributed by atoms with Gasteiger partial charge in [0, 0.05) is 15.4 Å². The van der Waals surface area contributed by atoms with Gasteiger partial charge < -0.3 is 5.73 Å². The Hall–Kier alpha value is -0.350. The third-order valence-electron chi connectivity index (χ3n) is 1.48. The second-order valence-corrected chi connectivity index (χ2v) is 3.78. The average Bonchev–Trinajstić information content (AvgIpc) is 2.03. The van der Waals surface area contributed by atoms with E-state index in [4.69, 9.17) is 5.73 Å². The topological polar surface area (TPSA) is 43.1 Å². The molecular formula is C8H7Br2NO. The molecule has 2 N–H and O–H groups in total. The molecule has 0 aliphatic carbocycles. The van der Waals surface area contributed by atoms with Crippen molar-refractivity contribution in [2.45, 2.75) is 5.33 Å². The number of hydrogen-bond acceptors (Lipinski definition) is 1. The summed E-state index contributed by atoms with van der Waals surface area (Å²) in [5.74, 6) is -0.392. The van der Waals surface area contributed by atoms with E-state index in [2.05, 4.69) is 31.9 Å². The quantitative estimate of drug-likeness (QED) is 0.836. The molecule has 0 aliphatic heterocycles. The van der Waals surface area contributed by atoms with Crippen molar-refractivity contribution in [1.82, 2.24) is 0 Å². The second-order valence-electron chi connectivity index (χ2n) is 2.30. The van der Waals surface area contributed by atoms with Gasteiger partial charge in [-0.3, -0.25) is 4.79 Å². The van der Waals surface area contributed by atoms with Crippen molar-refractivity contribution in [3.8, 4) is 0 Å². The minimum atomic E-state index is -0.392. The molecule has 0 saturated heterocycles. The molecule has 0 spiro atoms. The van der Waals surface area contributed by atoms with E-state index >= 15 is 0 Å². The molecule has 4 heteroatoms. The van der Waals surface area contributed by atoms with Gasteiger partial charge in [0.25, 0.3) is 0 Å². The maximum Gasteiger partial charge on any atom is 0.249 e. The summed E-state index contributed by atoms with van der Waals surface area (Å²) < 4.78 is 0.946. The van der Waals surface area contributed by atoms with Gasteiger partial charge in [0.1, 0.15) is 0 Å². The lowest BCUT2D eigenvalue weighted by atomic mass is 10.1. The van der Waals surface area contributed by atoms with Crippen LogP contribution in [0.4, 0.5) is 0 Å². The van der Waals surface area contributed by atoms with Crippen LogP contribution in [0, 0.1) is 0 Å². The molecule has 0 unspecified atom stereocenters. The molecule has 0 atom stereocenters. The Labute approximate surface area is 87.4 Å². The largest absolute Gasteiger partial charge is 0.366 e. The molecule has 12 heavy (non-hydrogen) atoms. The monoisotopic (exact) mass is 291 g/mol. The highest BCUT2D eigenvalue weighted by Crippen LogP contribution is 2.18. The summed E-state index contributed by atoms with van der Waals surface area (Å²) in [6, 6.07) is 5.38. The molecule has 0 bridgehead atoms. The highest BCUT2D eigenvalue weighted by molar-refractivity contribution is 9.10. The van der Waals surface area contributed by atoms with E-state index in [1.807, 2.05) is 6.07 Å². The Balaban J connectivity index is 3.20. The van der Waals surface area contributed by atoms with Crippen molar-refractivity contribution in [1.29, 1.82) is 0 Å². The Kier molecular flexibility index (Phi) is 3.29. The van der Waals surface area contributed by atoms with E-state index in [1.165, 1.54) is 0 Å². The Morgan fingerprint density at radius 3 is 2.67 bits per heavy atom. The lowest BCUT2D eigenvalue weighted by Gasteiger charge is -2.02. The van der Waals surface area contributed by atoms with Crippen LogP contribution in [0.3, 0.4) is 0 Å². The Morgan fingerprint density at radius 1 is 1.50 bits per heavy atom. The van der Waals surface area contributed by atoms with Crippen molar-refractivity contribution in [2.24, 2.45) is 5.73 Å². The average molecular weight is 293 g/mol. The zero-order valence-electron chi connectivity index (χ0n) is 6.18. The normalized spacial score (nSPS) is 9.83. The first-order chi connectivity index (χ1) is 5.65. The summed E-state index contributed by atoms with van der Waals surface area (Å²) in [5.41, 5.74) is 6.63. The van der Waals surface area contributed by atoms with Gasteiger partial charge in [-0.25, -0.2) is 0 Å². The fourth-order valence-corrected chi connectivity index (χ4v) is 1.79. The minimum absolute atomic E-state index is 0.392. The van der Waals surface area contributed by atoms with Crippen LogP contribution in [-0.2, 0) is 5.33 Å². The van der Waals surface area contributed by atoms with E-state index in [0.29, 0.717) is 10.9 Å². The molecular weight excluding hydrogens is 286 g/mol. The third kappa shape index (κ3) is 2.08. The second kappa shape index (κ2) is 4.05. The first kappa shape index (κ1) is 9.74. The summed E-state index contributed by atoms with van der Waals surface area (Å²) >= 11 is 6.60. The third-order valence-corrected chi connectivity index (χ3v) is 2.57. The molecule has 2 nitrogen and oxygen atoms in total. The standard InChI is InChI=1S/C8H7Br2NO/c9-4-5-3-6(10)1-2-7(5)8(11)12/h1-3H,4H2,(H2,11,12). The molecule has 0 aromatic heterocycles. The number of rotatable bonds is 2. The van der Waals surface area contributed by atoms with Crippen LogP contribution in [0.1, 0.15) is 15.9 Å². The molecule has 64 valence electrons. The van der Waals surface area contributed by atoms with Gasteiger partial charge in [-0.1, -0.05) is 31.9 Å². The van der Waals surface area contributed by atoms with Gasteiger partial charge in [0.05, 0.1) is 0 Å².